The van der Waals surface area contributed by atoms with Gasteiger partial charge < -0.3 is 20.9 Å². The van der Waals surface area contributed by atoms with E-state index in [0.29, 0.717) is 37.1 Å². The molecule has 2 heterocycles. The van der Waals surface area contributed by atoms with Gasteiger partial charge in [0, 0.05) is 0 Å². The summed E-state index contributed by atoms with van der Waals surface area (Å²) in [5.41, 5.74) is 13.5. The Morgan fingerprint density at radius 1 is 1.00 bits per heavy atom. The fourth-order valence-electron chi connectivity index (χ4n) is 4.48. The topological polar surface area (TPSA) is 95.2 Å². The molecule has 0 aliphatic carbocycles. The molecular weight excluding hydrogens is 443 g/mol. The first-order chi connectivity index (χ1) is 16.8. The highest BCUT2D eigenvalue weighted by Gasteiger charge is 2.30. The van der Waals surface area contributed by atoms with Crippen LogP contribution < -0.4 is 11.5 Å². The molecule has 0 radical (unpaired) electrons. The molecule has 0 bridgehead atoms. The van der Waals surface area contributed by atoms with E-state index in [1.807, 2.05) is 18.2 Å². The van der Waals surface area contributed by atoms with Gasteiger partial charge >= 0.3 is 0 Å². The summed E-state index contributed by atoms with van der Waals surface area (Å²) in [6.07, 6.45) is 5.12. The molecule has 0 aromatic heterocycles. The predicted octanol–water partition coefficient (Wildman–Crippen LogP) is 5.49. The Bertz CT molecular complexity index is 980. The minimum atomic E-state index is -0.185. The Hall–Kier alpha value is -3.09. The summed E-state index contributed by atoms with van der Waals surface area (Å²) in [5.74, 6) is 0.808. The molecule has 35 heavy (non-hydrogen) atoms. The van der Waals surface area contributed by atoms with Crippen LogP contribution in [-0.2, 0) is 9.47 Å². The summed E-state index contributed by atoms with van der Waals surface area (Å²) in [5, 5.41) is 0. The molecule has 7 heteroatoms. The van der Waals surface area contributed by atoms with Gasteiger partial charge in [-0.3, -0.25) is 0 Å². The van der Waals surface area contributed by atoms with E-state index in [1.165, 1.54) is 23.3 Å². The van der Waals surface area contributed by atoms with E-state index in [9.17, 15) is 4.39 Å². The van der Waals surface area contributed by atoms with Crippen molar-refractivity contribution in [2.24, 2.45) is 21.5 Å². The number of benzene rings is 2. The zero-order valence-electron chi connectivity index (χ0n) is 21.1. The van der Waals surface area contributed by atoms with Gasteiger partial charge in [-0.1, -0.05) is 56.3 Å². The zero-order chi connectivity index (χ0) is 25.3. The van der Waals surface area contributed by atoms with Crippen LogP contribution in [0, 0.1) is 5.82 Å². The summed E-state index contributed by atoms with van der Waals surface area (Å²) < 4.78 is 23.2. The van der Waals surface area contributed by atoms with Crippen molar-refractivity contribution in [1.29, 1.82) is 0 Å². The molecule has 4 rings (SSSR count). The molecule has 4 N–H and O–H groups in total. The molecular formula is C28H39FN4O2. The minimum Gasteiger partial charge on any atom is -0.463 e. The standard InChI is InChI=1S/C14H19FN2O.C14H20N2O/c1-2-10(11-3-6-12(15)7-4-11)5-8-13-9-18-14(16)17-13;1-11(12-6-4-3-5-7-12)8-9-14(2)10-17-13(15)16-14/h3-4,6-7,10,13H,2,5,8-9H2,1H3,(H2,16,17);3-7,11H,8-10H2,1-2H3,(H2,15,16)/t10?,13-;11?,14-/m00/s1. The lowest BCUT2D eigenvalue weighted by Gasteiger charge is -2.20. The van der Waals surface area contributed by atoms with Crippen LogP contribution in [0.4, 0.5) is 4.39 Å². The molecule has 2 unspecified atom stereocenters. The molecule has 0 amide bonds. The van der Waals surface area contributed by atoms with Gasteiger partial charge in [-0.2, -0.15) is 0 Å². The molecule has 2 aliphatic heterocycles. The quantitative estimate of drug-likeness (QED) is 0.494. The first-order valence-electron chi connectivity index (χ1n) is 12.5. The van der Waals surface area contributed by atoms with Crippen LogP contribution in [-0.4, -0.2) is 36.8 Å². The van der Waals surface area contributed by atoms with Crippen molar-refractivity contribution in [3.63, 3.8) is 0 Å². The van der Waals surface area contributed by atoms with Crippen molar-refractivity contribution in [3.05, 3.63) is 71.5 Å². The van der Waals surface area contributed by atoms with Crippen molar-refractivity contribution < 1.29 is 13.9 Å². The SMILES string of the molecule is CC(CC[C@@]1(C)COC(N)=N1)c1ccccc1.CCC(CC[C@H]1COC(N)=N1)c1ccc(F)cc1. The number of nitrogens with zero attached hydrogens (tertiary/aromatic N) is 2. The van der Waals surface area contributed by atoms with Gasteiger partial charge in [0.25, 0.3) is 12.0 Å². The number of nitrogens with two attached hydrogens (primary N) is 2. The maximum atomic E-state index is 12.9. The number of ether oxygens (including phenoxy) is 2. The lowest BCUT2D eigenvalue weighted by molar-refractivity contribution is 0.250. The van der Waals surface area contributed by atoms with Crippen LogP contribution in [0.25, 0.3) is 0 Å². The van der Waals surface area contributed by atoms with E-state index in [2.05, 4.69) is 55.0 Å². The zero-order valence-corrected chi connectivity index (χ0v) is 21.1. The van der Waals surface area contributed by atoms with E-state index in [4.69, 9.17) is 20.9 Å². The fraction of sp³-hybridized carbons (Fsp3) is 0.500. The third kappa shape index (κ3) is 8.26. The van der Waals surface area contributed by atoms with Crippen molar-refractivity contribution >= 4 is 12.0 Å². The van der Waals surface area contributed by atoms with Crippen LogP contribution in [0.3, 0.4) is 0 Å². The van der Waals surface area contributed by atoms with Crippen LogP contribution >= 0.6 is 0 Å². The Kier molecular flexibility index (Phi) is 9.52. The summed E-state index contributed by atoms with van der Waals surface area (Å²) in [6.45, 7) is 7.70. The van der Waals surface area contributed by atoms with E-state index in [-0.39, 0.29) is 17.4 Å². The summed E-state index contributed by atoms with van der Waals surface area (Å²) in [4.78, 5) is 8.57. The molecule has 0 saturated carbocycles. The third-order valence-electron chi connectivity index (χ3n) is 6.81. The van der Waals surface area contributed by atoms with Gasteiger partial charge in [0.1, 0.15) is 19.0 Å². The highest BCUT2D eigenvalue weighted by Crippen LogP contribution is 2.29. The number of hydrogen-bond donors (Lipinski definition) is 2. The van der Waals surface area contributed by atoms with E-state index < -0.39 is 0 Å². The molecule has 2 aromatic rings. The highest BCUT2D eigenvalue weighted by atomic mass is 19.1. The predicted molar refractivity (Wildman–Crippen MR) is 140 cm³/mol. The number of amidine groups is 2. The molecule has 0 saturated heterocycles. The van der Waals surface area contributed by atoms with Crippen molar-refractivity contribution in [1.82, 2.24) is 0 Å². The molecule has 6 nitrogen and oxygen atoms in total. The first kappa shape index (κ1) is 26.5. The van der Waals surface area contributed by atoms with Gasteiger partial charge in [-0.15, -0.1) is 0 Å². The van der Waals surface area contributed by atoms with E-state index in [1.54, 1.807) is 0 Å². The monoisotopic (exact) mass is 482 g/mol. The van der Waals surface area contributed by atoms with Gasteiger partial charge in [0.15, 0.2) is 0 Å². The van der Waals surface area contributed by atoms with Gasteiger partial charge in [-0.25, -0.2) is 14.4 Å². The summed E-state index contributed by atoms with van der Waals surface area (Å²) in [7, 11) is 0. The Morgan fingerprint density at radius 2 is 1.71 bits per heavy atom. The van der Waals surface area contributed by atoms with Crippen molar-refractivity contribution in [3.8, 4) is 0 Å². The second-order valence-corrected chi connectivity index (χ2v) is 9.75. The minimum absolute atomic E-state index is 0.132. The van der Waals surface area contributed by atoms with E-state index in [0.717, 1.165) is 32.1 Å². The van der Waals surface area contributed by atoms with Crippen molar-refractivity contribution in [2.45, 2.75) is 76.3 Å². The third-order valence-corrected chi connectivity index (χ3v) is 6.81. The van der Waals surface area contributed by atoms with Crippen LogP contribution in [0.15, 0.2) is 64.6 Å². The second-order valence-electron chi connectivity index (χ2n) is 9.75. The van der Waals surface area contributed by atoms with Crippen LogP contribution in [0.1, 0.15) is 75.8 Å². The number of aliphatic imine (C=N–C) groups is 2. The average molecular weight is 483 g/mol. The number of hydrogen-bond acceptors (Lipinski definition) is 6. The maximum Gasteiger partial charge on any atom is 0.282 e. The Labute approximate surface area is 208 Å². The summed E-state index contributed by atoms with van der Waals surface area (Å²) in [6, 6.07) is 18.2. The molecule has 190 valence electrons. The van der Waals surface area contributed by atoms with Crippen LogP contribution in [0.5, 0.6) is 0 Å². The highest BCUT2D eigenvalue weighted by molar-refractivity contribution is 5.73. The smallest absolute Gasteiger partial charge is 0.282 e. The van der Waals surface area contributed by atoms with Gasteiger partial charge in [0.2, 0.25) is 0 Å². The average Bonchev–Trinajstić information content (AvgIpc) is 3.44. The first-order valence-corrected chi connectivity index (χ1v) is 12.5. The Morgan fingerprint density at radius 3 is 2.29 bits per heavy atom. The molecule has 2 aromatic carbocycles. The van der Waals surface area contributed by atoms with Crippen molar-refractivity contribution in [2.75, 3.05) is 13.2 Å². The maximum absolute atomic E-state index is 12.9. The fourth-order valence-corrected chi connectivity index (χ4v) is 4.48. The summed E-state index contributed by atoms with van der Waals surface area (Å²) >= 11 is 0. The molecule has 0 fully saturated rings. The van der Waals surface area contributed by atoms with E-state index >= 15 is 0 Å². The van der Waals surface area contributed by atoms with Crippen LogP contribution in [0.2, 0.25) is 0 Å². The number of rotatable bonds is 9. The normalized spacial score (nSPS) is 22.7. The Balaban J connectivity index is 0.000000196. The molecule has 0 spiro atoms. The van der Waals surface area contributed by atoms with Gasteiger partial charge in [0.05, 0.1) is 11.6 Å². The largest absolute Gasteiger partial charge is 0.463 e. The second kappa shape index (κ2) is 12.6. The molecule has 4 atom stereocenters. The molecule has 2 aliphatic rings. The van der Waals surface area contributed by atoms with Gasteiger partial charge in [-0.05, 0) is 74.1 Å². The lowest BCUT2D eigenvalue weighted by Crippen LogP contribution is -2.24. The number of halogens is 1. The lowest BCUT2D eigenvalue weighted by atomic mass is 9.89.